The van der Waals surface area contributed by atoms with E-state index in [1.807, 2.05) is 18.2 Å². The Morgan fingerprint density at radius 3 is 2.89 bits per heavy atom. The molecule has 1 saturated heterocycles. The normalized spacial score (nSPS) is 17.3. The summed E-state index contributed by atoms with van der Waals surface area (Å²) in [4.78, 5) is 2.54. The fraction of sp³-hybridized carbons (Fsp3) is 0.562. The number of hydrogen-bond acceptors (Lipinski definition) is 3. The highest BCUT2D eigenvalue weighted by atomic mass is 15.1. The van der Waals surface area contributed by atoms with Gasteiger partial charge in [-0.2, -0.15) is 5.26 Å². The summed E-state index contributed by atoms with van der Waals surface area (Å²) in [5.41, 5.74) is 1.93. The van der Waals surface area contributed by atoms with Crippen LogP contribution in [0.5, 0.6) is 0 Å². The molecule has 0 aromatic heterocycles. The standard InChI is InChI=1S/C16H23N3/c1-14-5-8-19(9-6-14)10-7-18-13-16-4-2-3-15(11-16)12-17/h2-4,11,14,18H,5-10,13H2,1H3. The molecular formula is C16H23N3. The number of rotatable bonds is 5. The van der Waals surface area contributed by atoms with Gasteiger partial charge in [0.05, 0.1) is 11.6 Å². The average molecular weight is 257 g/mol. The van der Waals surface area contributed by atoms with Crippen LogP contribution in [0, 0.1) is 17.2 Å². The molecule has 19 heavy (non-hydrogen) atoms. The maximum Gasteiger partial charge on any atom is 0.0991 e. The second-order valence-corrected chi connectivity index (χ2v) is 5.51. The van der Waals surface area contributed by atoms with E-state index in [-0.39, 0.29) is 0 Å². The lowest BCUT2D eigenvalue weighted by Gasteiger charge is -2.30. The van der Waals surface area contributed by atoms with Crippen molar-refractivity contribution in [3.63, 3.8) is 0 Å². The first-order valence-electron chi connectivity index (χ1n) is 7.20. The molecule has 1 fully saturated rings. The molecule has 1 aromatic carbocycles. The molecule has 102 valence electrons. The third kappa shape index (κ3) is 4.66. The van der Waals surface area contributed by atoms with E-state index < -0.39 is 0 Å². The summed E-state index contributed by atoms with van der Waals surface area (Å²) in [6, 6.07) is 9.99. The smallest absolute Gasteiger partial charge is 0.0991 e. The predicted octanol–water partition coefficient (Wildman–Crippen LogP) is 2.38. The Kier molecular flexibility index (Phi) is 5.38. The van der Waals surface area contributed by atoms with Crippen LogP contribution in [0.1, 0.15) is 30.9 Å². The van der Waals surface area contributed by atoms with Gasteiger partial charge in [0.25, 0.3) is 0 Å². The van der Waals surface area contributed by atoms with Crippen LogP contribution in [0.4, 0.5) is 0 Å². The van der Waals surface area contributed by atoms with Crippen molar-refractivity contribution in [3.05, 3.63) is 35.4 Å². The van der Waals surface area contributed by atoms with E-state index in [2.05, 4.69) is 29.3 Å². The molecule has 0 saturated carbocycles. The van der Waals surface area contributed by atoms with Crippen LogP contribution in [0.25, 0.3) is 0 Å². The number of piperidine rings is 1. The Balaban J connectivity index is 1.65. The van der Waals surface area contributed by atoms with Gasteiger partial charge < -0.3 is 10.2 Å². The predicted molar refractivity (Wildman–Crippen MR) is 77.7 cm³/mol. The lowest BCUT2D eigenvalue weighted by molar-refractivity contribution is 0.193. The maximum atomic E-state index is 8.85. The number of nitriles is 1. The second-order valence-electron chi connectivity index (χ2n) is 5.51. The SMILES string of the molecule is CC1CCN(CCNCc2cccc(C#N)c2)CC1. The minimum absolute atomic E-state index is 0.740. The zero-order valence-corrected chi connectivity index (χ0v) is 11.7. The quantitative estimate of drug-likeness (QED) is 0.823. The Labute approximate surface area is 116 Å². The van der Waals surface area contributed by atoms with Crippen LogP contribution in [0.15, 0.2) is 24.3 Å². The number of benzene rings is 1. The number of nitrogens with one attached hydrogen (secondary N) is 1. The fourth-order valence-corrected chi connectivity index (χ4v) is 2.51. The van der Waals surface area contributed by atoms with Gasteiger partial charge >= 0.3 is 0 Å². The van der Waals surface area contributed by atoms with Gasteiger partial charge in [-0.1, -0.05) is 19.1 Å². The van der Waals surface area contributed by atoms with Gasteiger partial charge in [-0.15, -0.1) is 0 Å². The fourth-order valence-electron chi connectivity index (χ4n) is 2.51. The lowest BCUT2D eigenvalue weighted by Crippen LogP contribution is -2.37. The summed E-state index contributed by atoms with van der Waals surface area (Å²) in [5.74, 6) is 0.901. The van der Waals surface area contributed by atoms with Crippen LogP contribution < -0.4 is 5.32 Å². The van der Waals surface area contributed by atoms with E-state index in [1.54, 1.807) is 0 Å². The Bertz CT molecular complexity index is 428. The first-order chi connectivity index (χ1) is 9.28. The highest BCUT2D eigenvalue weighted by molar-refractivity contribution is 5.32. The minimum atomic E-state index is 0.740. The van der Waals surface area contributed by atoms with Crippen molar-refractivity contribution in [2.24, 2.45) is 5.92 Å². The number of nitrogens with zero attached hydrogens (tertiary/aromatic N) is 2. The van der Waals surface area contributed by atoms with Gasteiger partial charge in [0.2, 0.25) is 0 Å². The highest BCUT2D eigenvalue weighted by Crippen LogP contribution is 2.15. The zero-order valence-electron chi connectivity index (χ0n) is 11.7. The monoisotopic (exact) mass is 257 g/mol. The minimum Gasteiger partial charge on any atom is -0.311 e. The summed E-state index contributed by atoms with van der Waals surface area (Å²) in [5, 5.41) is 12.3. The lowest BCUT2D eigenvalue weighted by atomic mass is 9.99. The summed E-state index contributed by atoms with van der Waals surface area (Å²) in [7, 11) is 0. The molecule has 1 heterocycles. The summed E-state index contributed by atoms with van der Waals surface area (Å²) in [6.07, 6.45) is 2.68. The van der Waals surface area contributed by atoms with Crippen molar-refractivity contribution < 1.29 is 0 Å². The van der Waals surface area contributed by atoms with E-state index in [4.69, 9.17) is 5.26 Å². The van der Waals surface area contributed by atoms with E-state index in [9.17, 15) is 0 Å². The van der Waals surface area contributed by atoms with Crippen molar-refractivity contribution in [1.29, 1.82) is 5.26 Å². The van der Waals surface area contributed by atoms with Crippen LogP contribution in [0.3, 0.4) is 0 Å². The third-order valence-corrected chi connectivity index (χ3v) is 3.87. The Morgan fingerprint density at radius 1 is 1.37 bits per heavy atom. The van der Waals surface area contributed by atoms with Gasteiger partial charge in [-0.25, -0.2) is 0 Å². The summed E-state index contributed by atoms with van der Waals surface area (Å²) < 4.78 is 0. The molecule has 0 spiro atoms. The van der Waals surface area contributed by atoms with E-state index in [1.165, 1.54) is 31.5 Å². The molecule has 1 aromatic rings. The van der Waals surface area contributed by atoms with Crippen LogP contribution >= 0.6 is 0 Å². The van der Waals surface area contributed by atoms with Crippen molar-refractivity contribution >= 4 is 0 Å². The Hall–Kier alpha value is -1.37. The molecule has 0 bridgehead atoms. The van der Waals surface area contributed by atoms with E-state index in [0.29, 0.717) is 0 Å². The topological polar surface area (TPSA) is 39.1 Å². The first-order valence-corrected chi connectivity index (χ1v) is 7.20. The zero-order chi connectivity index (χ0) is 13.5. The molecule has 0 atom stereocenters. The number of hydrogen-bond donors (Lipinski definition) is 1. The molecule has 1 aliphatic rings. The summed E-state index contributed by atoms with van der Waals surface area (Å²) in [6.45, 7) is 7.83. The van der Waals surface area contributed by atoms with Crippen molar-refractivity contribution in [2.45, 2.75) is 26.3 Å². The summed E-state index contributed by atoms with van der Waals surface area (Å²) >= 11 is 0. The largest absolute Gasteiger partial charge is 0.311 e. The van der Waals surface area contributed by atoms with Crippen molar-refractivity contribution in [3.8, 4) is 6.07 Å². The second kappa shape index (κ2) is 7.28. The molecule has 0 amide bonds. The maximum absolute atomic E-state index is 8.85. The van der Waals surface area contributed by atoms with Crippen LogP contribution in [0.2, 0.25) is 0 Å². The molecule has 1 aliphatic heterocycles. The van der Waals surface area contributed by atoms with E-state index in [0.717, 1.165) is 31.1 Å². The molecule has 2 rings (SSSR count). The van der Waals surface area contributed by atoms with Gasteiger partial charge in [0.15, 0.2) is 0 Å². The van der Waals surface area contributed by atoms with E-state index >= 15 is 0 Å². The molecule has 0 radical (unpaired) electrons. The van der Waals surface area contributed by atoms with Crippen molar-refractivity contribution in [1.82, 2.24) is 10.2 Å². The first kappa shape index (κ1) is 14.0. The van der Waals surface area contributed by atoms with Crippen molar-refractivity contribution in [2.75, 3.05) is 26.2 Å². The molecule has 3 nitrogen and oxygen atoms in total. The van der Waals surface area contributed by atoms with Gasteiger partial charge in [-0.3, -0.25) is 0 Å². The molecule has 0 unspecified atom stereocenters. The molecular weight excluding hydrogens is 234 g/mol. The highest BCUT2D eigenvalue weighted by Gasteiger charge is 2.14. The molecule has 0 aliphatic carbocycles. The molecule has 1 N–H and O–H groups in total. The Morgan fingerprint density at radius 2 is 2.16 bits per heavy atom. The van der Waals surface area contributed by atoms with Crippen LogP contribution in [-0.2, 0) is 6.54 Å². The average Bonchev–Trinajstić information content (AvgIpc) is 2.46. The third-order valence-electron chi connectivity index (χ3n) is 3.87. The van der Waals surface area contributed by atoms with Crippen LogP contribution in [-0.4, -0.2) is 31.1 Å². The molecule has 3 heteroatoms. The number of likely N-dealkylation sites (tertiary alicyclic amines) is 1. The van der Waals surface area contributed by atoms with Gasteiger partial charge in [0.1, 0.15) is 0 Å². The van der Waals surface area contributed by atoms with Gasteiger partial charge in [-0.05, 0) is 49.5 Å². The van der Waals surface area contributed by atoms with Gasteiger partial charge in [0, 0.05) is 19.6 Å².